The number of benzene rings is 2. The van der Waals surface area contributed by atoms with Crippen LogP contribution >= 0.6 is 11.6 Å². The van der Waals surface area contributed by atoms with Gasteiger partial charge in [-0.1, -0.05) is 48.0 Å². The Morgan fingerprint density at radius 3 is 2.28 bits per heavy atom. The molecule has 0 saturated carbocycles. The molecule has 6 nitrogen and oxygen atoms in total. The Morgan fingerprint density at radius 2 is 1.59 bits per heavy atom. The number of carbonyl (C=O) groups is 2. The van der Waals surface area contributed by atoms with Crippen LogP contribution in [0.15, 0.2) is 71.1 Å². The summed E-state index contributed by atoms with van der Waals surface area (Å²) >= 11 is 6.51. The number of rotatable bonds is 4. The predicted molar refractivity (Wildman–Crippen MR) is 120 cm³/mol. The standard InChI is InChI=1S/C25H24ClNO5/c1-14-21(24(28)30-3)23(16-8-4-6-10-18(16)26)22(15(2)27-14)25(29)32-20-12-13-31-19-11-7-5-9-17(19)20/h4-11,20,23,27H,12-13H2,1-3H3. The molecule has 0 aliphatic carbocycles. The van der Waals surface area contributed by atoms with Crippen LogP contribution in [0, 0.1) is 0 Å². The Labute approximate surface area is 191 Å². The molecule has 0 amide bonds. The number of esters is 2. The van der Waals surface area contributed by atoms with Gasteiger partial charge in [-0.05, 0) is 31.5 Å². The van der Waals surface area contributed by atoms with Gasteiger partial charge in [0.25, 0.3) is 0 Å². The second kappa shape index (κ2) is 9.09. The highest BCUT2D eigenvalue weighted by Crippen LogP contribution is 2.43. The molecule has 7 heteroatoms. The minimum atomic E-state index is -0.722. The van der Waals surface area contributed by atoms with E-state index in [0.717, 1.165) is 5.56 Å². The summed E-state index contributed by atoms with van der Waals surface area (Å²) < 4.78 is 16.7. The van der Waals surface area contributed by atoms with Crippen molar-refractivity contribution < 1.29 is 23.8 Å². The number of nitrogens with one attached hydrogen (secondary N) is 1. The molecule has 2 aliphatic heterocycles. The molecule has 32 heavy (non-hydrogen) atoms. The number of hydrogen-bond acceptors (Lipinski definition) is 6. The van der Waals surface area contributed by atoms with Gasteiger partial charge >= 0.3 is 11.9 Å². The molecule has 0 bridgehead atoms. The van der Waals surface area contributed by atoms with Crippen molar-refractivity contribution in [2.24, 2.45) is 0 Å². The zero-order chi connectivity index (χ0) is 22.8. The largest absolute Gasteiger partial charge is 0.493 e. The first-order valence-electron chi connectivity index (χ1n) is 10.4. The molecule has 2 aromatic rings. The SMILES string of the molecule is COC(=O)C1=C(C)NC(C)=C(C(=O)OC2CCOc3ccccc32)C1c1ccccc1Cl. The molecule has 2 aromatic carbocycles. The van der Waals surface area contributed by atoms with E-state index in [1.165, 1.54) is 7.11 Å². The number of carbonyl (C=O) groups excluding carboxylic acids is 2. The zero-order valence-electron chi connectivity index (χ0n) is 18.1. The van der Waals surface area contributed by atoms with Crippen LogP contribution < -0.4 is 10.1 Å². The molecule has 1 N–H and O–H groups in total. The summed E-state index contributed by atoms with van der Waals surface area (Å²) in [5, 5.41) is 3.59. The van der Waals surface area contributed by atoms with Gasteiger partial charge in [-0.2, -0.15) is 0 Å². The van der Waals surface area contributed by atoms with Gasteiger partial charge in [-0.25, -0.2) is 9.59 Å². The molecule has 0 radical (unpaired) electrons. The molecule has 0 fully saturated rings. The molecule has 0 aromatic heterocycles. The molecule has 2 aliphatic rings. The molecule has 0 spiro atoms. The maximum atomic E-state index is 13.6. The van der Waals surface area contributed by atoms with E-state index in [4.69, 9.17) is 25.8 Å². The first-order chi connectivity index (χ1) is 15.4. The maximum Gasteiger partial charge on any atom is 0.337 e. The Balaban J connectivity index is 1.76. The van der Waals surface area contributed by atoms with E-state index >= 15 is 0 Å². The van der Waals surface area contributed by atoms with Crippen LogP contribution in [-0.4, -0.2) is 25.7 Å². The highest BCUT2D eigenvalue weighted by atomic mass is 35.5. The summed E-state index contributed by atoms with van der Waals surface area (Å²) in [6, 6.07) is 14.7. The van der Waals surface area contributed by atoms with Crippen molar-refractivity contribution in [3.05, 3.63) is 87.2 Å². The van der Waals surface area contributed by atoms with Crippen molar-refractivity contribution in [2.75, 3.05) is 13.7 Å². The second-order valence-corrected chi connectivity index (χ2v) is 8.12. The van der Waals surface area contributed by atoms with Crippen LogP contribution in [0.3, 0.4) is 0 Å². The quantitative estimate of drug-likeness (QED) is 0.669. The van der Waals surface area contributed by atoms with Crippen molar-refractivity contribution in [3.8, 4) is 5.75 Å². The van der Waals surface area contributed by atoms with Crippen molar-refractivity contribution in [1.29, 1.82) is 0 Å². The van der Waals surface area contributed by atoms with Gasteiger partial charge in [0, 0.05) is 28.4 Å². The number of para-hydroxylation sites is 1. The lowest BCUT2D eigenvalue weighted by Crippen LogP contribution is -2.33. The third-order valence-electron chi connectivity index (χ3n) is 5.75. The number of allylic oxidation sites excluding steroid dienone is 2. The predicted octanol–water partition coefficient (Wildman–Crippen LogP) is 4.81. The third-order valence-corrected chi connectivity index (χ3v) is 6.10. The van der Waals surface area contributed by atoms with E-state index in [9.17, 15) is 9.59 Å². The Kier molecular flexibility index (Phi) is 6.24. The van der Waals surface area contributed by atoms with Crippen molar-refractivity contribution >= 4 is 23.5 Å². The van der Waals surface area contributed by atoms with Gasteiger partial charge in [0.05, 0.1) is 30.8 Å². The van der Waals surface area contributed by atoms with E-state index < -0.39 is 24.0 Å². The van der Waals surface area contributed by atoms with Crippen LogP contribution in [0.5, 0.6) is 5.75 Å². The van der Waals surface area contributed by atoms with Gasteiger partial charge in [0.2, 0.25) is 0 Å². The summed E-state index contributed by atoms with van der Waals surface area (Å²) in [4.78, 5) is 26.3. The average Bonchev–Trinajstić information content (AvgIpc) is 2.78. The fourth-order valence-corrected chi connectivity index (χ4v) is 4.53. The fraction of sp³-hybridized carbons (Fsp3) is 0.280. The Bertz CT molecular complexity index is 1140. The Hall–Kier alpha value is -3.25. The normalized spacial score (nSPS) is 20.1. The first-order valence-corrected chi connectivity index (χ1v) is 10.7. The van der Waals surface area contributed by atoms with Crippen LogP contribution in [0.2, 0.25) is 5.02 Å². The topological polar surface area (TPSA) is 73.9 Å². The van der Waals surface area contributed by atoms with E-state index in [-0.39, 0.29) is 0 Å². The molecule has 0 saturated heterocycles. The zero-order valence-corrected chi connectivity index (χ0v) is 18.9. The number of hydrogen-bond donors (Lipinski definition) is 1. The second-order valence-electron chi connectivity index (χ2n) is 7.72. The highest BCUT2D eigenvalue weighted by Gasteiger charge is 2.39. The molecular formula is C25H24ClNO5. The first kappa shape index (κ1) is 22.0. The third kappa shape index (κ3) is 3.98. The van der Waals surface area contributed by atoms with Gasteiger partial charge in [-0.3, -0.25) is 0 Å². The summed E-state index contributed by atoms with van der Waals surface area (Å²) in [7, 11) is 1.31. The highest BCUT2D eigenvalue weighted by molar-refractivity contribution is 6.31. The monoisotopic (exact) mass is 453 g/mol. The molecule has 4 rings (SSSR count). The number of dihydropyridines is 1. The number of ether oxygens (including phenoxy) is 3. The summed E-state index contributed by atoms with van der Waals surface area (Å²) in [5.74, 6) is -1.07. The van der Waals surface area contributed by atoms with Crippen LogP contribution in [0.4, 0.5) is 0 Å². The van der Waals surface area contributed by atoms with Gasteiger partial charge in [0.1, 0.15) is 11.9 Å². The van der Waals surface area contributed by atoms with Crippen LogP contribution in [-0.2, 0) is 19.1 Å². The average molecular weight is 454 g/mol. The maximum absolute atomic E-state index is 13.6. The smallest absolute Gasteiger partial charge is 0.337 e. The van der Waals surface area contributed by atoms with E-state index in [1.54, 1.807) is 32.0 Å². The minimum absolute atomic E-state index is 0.325. The minimum Gasteiger partial charge on any atom is -0.493 e. The summed E-state index contributed by atoms with van der Waals surface area (Å²) in [6.07, 6.45) is 0.0890. The molecule has 2 atom stereocenters. The van der Waals surface area contributed by atoms with Gasteiger partial charge < -0.3 is 19.5 Å². The molecule has 2 unspecified atom stereocenters. The number of halogens is 1. The molecule has 166 valence electrons. The van der Waals surface area contributed by atoms with Crippen LogP contribution in [0.25, 0.3) is 0 Å². The van der Waals surface area contributed by atoms with Crippen molar-refractivity contribution in [1.82, 2.24) is 5.32 Å². The van der Waals surface area contributed by atoms with Gasteiger partial charge in [0.15, 0.2) is 0 Å². The lowest BCUT2D eigenvalue weighted by Gasteiger charge is -2.32. The Morgan fingerprint density at radius 1 is 0.969 bits per heavy atom. The van der Waals surface area contributed by atoms with Crippen LogP contribution in [0.1, 0.15) is 43.4 Å². The van der Waals surface area contributed by atoms with E-state index in [2.05, 4.69) is 5.32 Å². The van der Waals surface area contributed by atoms with E-state index in [0.29, 0.717) is 51.9 Å². The number of methoxy groups -OCH3 is 1. The lowest BCUT2D eigenvalue weighted by molar-refractivity contribution is -0.146. The van der Waals surface area contributed by atoms with Crippen molar-refractivity contribution in [3.63, 3.8) is 0 Å². The number of fused-ring (bicyclic) bond motifs is 1. The molecule has 2 heterocycles. The van der Waals surface area contributed by atoms with Gasteiger partial charge in [-0.15, -0.1) is 0 Å². The summed E-state index contributed by atoms with van der Waals surface area (Å²) in [5.41, 5.74) is 3.31. The van der Waals surface area contributed by atoms with E-state index in [1.807, 2.05) is 30.3 Å². The summed E-state index contributed by atoms with van der Waals surface area (Å²) in [6.45, 7) is 4.01. The van der Waals surface area contributed by atoms with Crippen molar-refractivity contribution in [2.45, 2.75) is 32.3 Å². The molecular weight excluding hydrogens is 430 g/mol. The lowest BCUT2D eigenvalue weighted by atomic mass is 9.80. The fourth-order valence-electron chi connectivity index (χ4n) is 4.29.